The van der Waals surface area contributed by atoms with Gasteiger partial charge in [0.05, 0.1) is 21.1 Å². The van der Waals surface area contributed by atoms with Gasteiger partial charge in [0.2, 0.25) is 11.6 Å². The predicted molar refractivity (Wildman–Crippen MR) is 104 cm³/mol. The van der Waals surface area contributed by atoms with Crippen LogP contribution in [0.3, 0.4) is 0 Å². The van der Waals surface area contributed by atoms with Crippen LogP contribution < -0.4 is 0 Å². The maximum Gasteiger partial charge on any atom is 0.269 e. The number of benzene rings is 2. The second-order valence-corrected chi connectivity index (χ2v) is 8.06. The van der Waals surface area contributed by atoms with Crippen molar-refractivity contribution in [3.63, 3.8) is 0 Å². The van der Waals surface area contributed by atoms with Gasteiger partial charge in [-0.2, -0.15) is 0 Å². The van der Waals surface area contributed by atoms with Crippen molar-refractivity contribution in [3.8, 4) is 11.1 Å². The summed E-state index contributed by atoms with van der Waals surface area (Å²) in [6.45, 7) is 0. The van der Waals surface area contributed by atoms with Gasteiger partial charge in [0.25, 0.3) is 15.7 Å². The Morgan fingerprint density at radius 3 is 2.17 bits per heavy atom. The lowest BCUT2D eigenvalue weighted by Crippen LogP contribution is -2.20. The van der Waals surface area contributed by atoms with Gasteiger partial charge in [0.15, 0.2) is 0 Å². The summed E-state index contributed by atoms with van der Waals surface area (Å²) in [6, 6.07) is 13.1. The average Bonchev–Trinajstić information content (AvgIpc) is 3.12. The largest absolute Gasteiger partial charge is 0.286 e. The summed E-state index contributed by atoms with van der Waals surface area (Å²) < 4.78 is 27.3. The Morgan fingerprint density at radius 1 is 0.897 bits per heavy atom. The minimum absolute atomic E-state index is 0.00851. The van der Waals surface area contributed by atoms with E-state index in [9.17, 15) is 28.1 Å². The number of nitro groups is 1. The molecule has 0 bridgehead atoms. The minimum atomic E-state index is -4.17. The van der Waals surface area contributed by atoms with Gasteiger partial charge in [-0.05, 0) is 29.8 Å². The smallest absolute Gasteiger partial charge is 0.269 e. The lowest BCUT2D eigenvalue weighted by molar-refractivity contribution is -0.384. The van der Waals surface area contributed by atoms with Crippen LogP contribution in [0.1, 0.15) is 16.1 Å². The van der Waals surface area contributed by atoms with Crippen molar-refractivity contribution in [1.82, 2.24) is 3.97 Å². The molecule has 0 saturated heterocycles. The molecule has 2 aromatic carbocycles. The Morgan fingerprint density at radius 2 is 1.55 bits per heavy atom. The number of carbonyl (C=O) groups is 2. The van der Waals surface area contributed by atoms with Crippen molar-refractivity contribution in [2.75, 3.05) is 0 Å². The zero-order valence-corrected chi connectivity index (χ0v) is 15.5. The second-order valence-electron chi connectivity index (χ2n) is 6.25. The van der Waals surface area contributed by atoms with Crippen LogP contribution in [-0.2, 0) is 14.8 Å². The number of aromatic nitrogens is 1. The van der Waals surface area contributed by atoms with Gasteiger partial charge in [0.1, 0.15) is 0 Å². The van der Waals surface area contributed by atoms with Gasteiger partial charge < -0.3 is 0 Å². The average molecular weight is 408 g/mol. The molecule has 8 nitrogen and oxygen atoms in total. The highest BCUT2D eigenvalue weighted by Crippen LogP contribution is 2.34. The zero-order chi connectivity index (χ0) is 20.8. The summed E-state index contributed by atoms with van der Waals surface area (Å²) in [5, 5.41) is 10.8. The highest BCUT2D eigenvalue weighted by Gasteiger charge is 2.32. The first-order valence-electron chi connectivity index (χ1n) is 8.38. The molecule has 0 aliphatic heterocycles. The van der Waals surface area contributed by atoms with E-state index in [1.165, 1.54) is 12.3 Å². The third-order valence-corrected chi connectivity index (χ3v) is 6.23. The quantitative estimate of drug-likeness (QED) is 0.372. The number of nitro benzene ring substituents is 1. The fourth-order valence-corrected chi connectivity index (χ4v) is 4.50. The van der Waals surface area contributed by atoms with Crippen LogP contribution in [0.15, 0.2) is 71.8 Å². The number of ketones is 2. The topological polar surface area (TPSA) is 116 Å². The molecule has 9 heteroatoms. The Hall–Kier alpha value is -3.85. The molecule has 1 aromatic heterocycles. The molecule has 144 valence electrons. The first kappa shape index (κ1) is 18.5. The maximum absolute atomic E-state index is 13.2. The molecule has 3 aromatic rings. The summed E-state index contributed by atoms with van der Waals surface area (Å²) in [6.07, 6.45) is 3.60. The van der Waals surface area contributed by atoms with Crippen LogP contribution >= 0.6 is 0 Å². The number of allylic oxidation sites excluding steroid dienone is 1. The predicted octanol–water partition coefficient (Wildman–Crippen LogP) is 3.08. The first-order chi connectivity index (χ1) is 13.8. The van der Waals surface area contributed by atoms with E-state index in [4.69, 9.17) is 0 Å². The number of hydrogen-bond donors (Lipinski definition) is 0. The summed E-state index contributed by atoms with van der Waals surface area (Å²) in [5.41, 5.74) is 0.719. The standard InChI is InChI=1S/C20H12N2O6S/c23-18-11-10-17-19(20(18)24)16(13-4-2-1-3-5-13)12-21(17)29(27,28)15-8-6-14(7-9-15)22(25)26/h1-12H. The number of non-ortho nitro benzene ring substituents is 1. The fourth-order valence-electron chi connectivity index (χ4n) is 3.14. The van der Waals surface area contributed by atoms with Gasteiger partial charge in [-0.1, -0.05) is 30.3 Å². The molecule has 0 amide bonds. The Balaban J connectivity index is 1.94. The maximum atomic E-state index is 13.2. The van der Waals surface area contributed by atoms with E-state index in [2.05, 4.69) is 0 Å². The van der Waals surface area contributed by atoms with Crippen LogP contribution in [0.2, 0.25) is 0 Å². The van der Waals surface area contributed by atoms with Crippen molar-refractivity contribution in [2.45, 2.75) is 4.90 Å². The molecule has 0 atom stereocenters. The summed E-state index contributed by atoms with van der Waals surface area (Å²) in [4.78, 5) is 34.4. The van der Waals surface area contributed by atoms with Crippen molar-refractivity contribution >= 4 is 33.4 Å². The Bertz CT molecular complexity index is 1300. The molecule has 0 fully saturated rings. The Labute approximate surface area is 164 Å². The molecular formula is C20H12N2O6S. The Kier molecular flexibility index (Phi) is 4.24. The summed E-state index contributed by atoms with van der Waals surface area (Å²) in [7, 11) is -4.17. The van der Waals surface area contributed by atoms with E-state index in [0.717, 1.165) is 34.3 Å². The molecular weight excluding hydrogens is 396 g/mol. The normalized spacial score (nSPS) is 13.4. The lowest BCUT2D eigenvalue weighted by atomic mass is 9.94. The first-order valence-corrected chi connectivity index (χ1v) is 9.82. The van der Waals surface area contributed by atoms with Crippen molar-refractivity contribution in [1.29, 1.82) is 0 Å². The van der Waals surface area contributed by atoms with Crippen LogP contribution in [0.25, 0.3) is 17.2 Å². The van der Waals surface area contributed by atoms with Crippen LogP contribution in [0.4, 0.5) is 5.69 Å². The lowest BCUT2D eigenvalue weighted by Gasteiger charge is -2.11. The number of hydrogen-bond acceptors (Lipinski definition) is 6. The summed E-state index contributed by atoms with van der Waals surface area (Å²) in [5.74, 6) is -1.53. The van der Waals surface area contributed by atoms with Crippen LogP contribution in [-0.4, -0.2) is 28.9 Å². The molecule has 0 unspecified atom stereocenters. The van der Waals surface area contributed by atoms with Gasteiger partial charge in [-0.15, -0.1) is 0 Å². The number of fused-ring (bicyclic) bond motifs is 1. The third-order valence-electron chi connectivity index (χ3n) is 4.54. The molecule has 1 heterocycles. The third kappa shape index (κ3) is 2.97. The van der Waals surface area contributed by atoms with E-state index in [0.29, 0.717) is 11.1 Å². The fraction of sp³-hybridized carbons (Fsp3) is 0. The minimum Gasteiger partial charge on any atom is -0.286 e. The van der Waals surface area contributed by atoms with Gasteiger partial charge >= 0.3 is 0 Å². The molecule has 29 heavy (non-hydrogen) atoms. The molecule has 1 aliphatic carbocycles. The molecule has 0 saturated carbocycles. The van der Waals surface area contributed by atoms with Crippen molar-refractivity contribution in [3.05, 3.63) is 88.2 Å². The van der Waals surface area contributed by atoms with Crippen LogP contribution in [0, 0.1) is 10.1 Å². The zero-order valence-electron chi connectivity index (χ0n) is 14.7. The SMILES string of the molecule is O=C1C=Cc2c(c(-c3ccccc3)cn2S(=O)(=O)c2ccc([N+](=O)[O-])cc2)C1=O. The molecule has 0 spiro atoms. The van der Waals surface area contributed by atoms with E-state index < -0.39 is 26.5 Å². The van der Waals surface area contributed by atoms with E-state index in [-0.39, 0.29) is 21.8 Å². The van der Waals surface area contributed by atoms with Gasteiger partial charge in [0, 0.05) is 23.9 Å². The molecule has 4 rings (SSSR count). The van der Waals surface area contributed by atoms with Crippen LogP contribution in [0.5, 0.6) is 0 Å². The monoisotopic (exact) mass is 408 g/mol. The summed E-state index contributed by atoms with van der Waals surface area (Å²) >= 11 is 0. The van der Waals surface area contributed by atoms with Crippen molar-refractivity contribution < 1.29 is 22.9 Å². The molecule has 0 N–H and O–H groups in total. The number of nitrogens with zero attached hydrogens (tertiary/aromatic N) is 2. The number of carbonyl (C=O) groups excluding carboxylic acids is 2. The number of rotatable bonds is 4. The van der Waals surface area contributed by atoms with E-state index in [1.807, 2.05) is 0 Å². The number of Topliss-reactive ketones (excluding diaryl/α,β-unsaturated/α-hetero) is 1. The van der Waals surface area contributed by atoms with Gasteiger partial charge in [-0.25, -0.2) is 12.4 Å². The molecule has 1 aliphatic rings. The van der Waals surface area contributed by atoms with Gasteiger partial charge in [-0.3, -0.25) is 19.7 Å². The van der Waals surface area contributed by atoms with Crippen molar-refractivity contribution in [2.24, 2.45) is 0 Å². The van der Waals surface area contributed by atoms with E-state index >= 15 is 0 Å². The van der Waals surface area contributed by atoms with E-state index in [1.54, 1.807) is 30.3 Å². The second kappa shape index (κ2) is 6.64. The highest BCUT2D eigenvalue weighted by molar-refractivity contribution is 7.90. The highest BCUT2D eigenvalue weighted by atomic mass is 32.2. The molecule has 0 radical (unpaired) electrons.